The van der Waals surface area contributed by atoms with Gasteiger partial charge in [0.15, 0.2) is 11.0 Å². The van der Waals surface area contributed by atoms with Crippen LogP contribution in [0.15, 0.2) is 71.2 Å². The number of aryl methyl sites for hydroxylation is 1. The van der Waals surface area contributed by atoms with Crippen LogP contribution in [0.1, 0.15) is 11.1 Å². The molecule has 0 radical (unpaired) electrons. The molecule has 2 aromatic heterocycles. The largest absolute Gasteiger partial charge is 0.495 e. The fourth-order valence-corrected chi connectivity index (χ4v) is 4.78. The molecule has 1 atom stereocenters. The predicted octanol–water partition coefficient (Wildman–Crippen LogP) is 5.54. The first-order chi connectivity index (χ1) is 14.7. The summed E-state index contributed by atoms with van der Waals surface area (Å²) in [6.45, 7) is 2.06. The minimum Gasteiger partial charge on any atom is -0.495 e. The van der Waals surface area contributed by atoms with Gasteiger partial charge in [-0.1, -0.05) is 59.8 Å². The van der Waals surface area contributed by atoms with Crippen molar-refractivity contribution >= 4 is 23.1 Å². The highest BCUT2D eigenvalue weighted by molar-refractivity contribution is 8.00. The SMILES string of the molecule is COc1ccccc1-n1c(SC(C#N)Cc2ccc(C)cc2)nnc1-c1cccs1. The highest BCUT2D eigenvalue weighted by Crippen LogP contribution is 2.35. The first-order valence-corrected chi connectivity index (χ1v) is 11.2. The predicted molar refractivity (Wildman–Crippen MR) is 121 cm³/mol. The number of hydrogen-bond donors (Lipinski definition) is 0. The van der Waals surface area contributed by atoms with Crippen molar-refractivity contribution in [1.29, 1.82) is 5.26 Å². The third-order valence-corrected chi connectivity index (χ3v) is 6.53. The van der Waals surface area contributed by atoms with E-state index in [4.69, 9.17) is 4.74 Å². The summed E-state index contributed by atoms with van der Waals surface area (Å²) in [5.41, 5.74) is 3.18. The van der Waals surface area contributed by atoms with Gasteiger partial charge in [0, 0.05) is 0 Å². The second-order valence-corrected chi connectivity index (χ2v) is 8.83. The second kappa shape index (κ2) is 9.16. The number of aromatic nitrogens is 3. The second-order valence-electron chi connectivity index (χ2n) is 6.72. The van der Waals surface area contributed by atoms with Gasteiger partial charge in [-0.25, -0.2) is 0 Å². The van der Waals surface area contributed by atoms with E-state index in [0.717, 1.165) is 27.7 Å². The maximum absolute atomic E-state index is 9.81. The molecule has 150 valence electrons. The Balaban J connectivity index is 1.72. The minimum atomic E-state index is -0.290. The molecule has 4 aromatic rings. The van der Waals surface area contributed by atoms with E-state index >= 15 is 0 Å². The van der Waals surface area contributed by atoms with Gasteiger partial charge >= 0.3 is 0 Å². The number of ether oxygens (including phenoxy) is 1. The molecule has 0 saturated carbocycles. The van der Waals surface area contributed by atoms with Crippen molar-refractivity contribution in [3.8, 4) is 28.2 Å². The van der Waals surface area contributed by atoms with E-state index in [0.29, 0.717) is 11.6 Å². The first-order valence-electron chi connectivity index (χ1n) is 9.44. The van der Waals surface area contributed by atoms with Crippen LogP contribution in [-0.4, -0.2) is 27.1 Å². The van der Waals surface area contributed by atoms with Crippen LogP contribution in [0.4, 0.5) is 0 Å². The van der Waals surface area contributed by atoms with Crippen LogP contribution in [0.5, 0.6) is 5.75 Å². The number of methoxy groups -OCH3 is 1. The first kappa shape index (κ1) is 20.2. The Morgan fingerprint density at radius 1 is 1.10 bits per heavy atom. The Bertz CT molecular complexity index is 1160. The smallest absolute Gasteiger partial charge is 0.197 e. The van der Waals surface area contributed by atoms with Gasteiger partial charge in [-0.15, -0.1) is 21.5 Å². The van der Waals surface area contributed by atoms with Crippen LogP contribution >= 0.6 is 23.1 Å². The van der Waals surface area contributed by atoms with Gasteiger partial charge in [0.05, 0.1) is 23.7 Å². The molecule has 7 heteroatoms. The Morgan fingerprint density at radius 3 is 2.60 bits per heavy atom. The lowest BCUT2D eigenvalue weighted by atomic mass is 10.1. The molecule has 0 N–H and O–H groups in total. The molecule has 4 rings (SSSR count). The zero-order valence-electron chi connectivity index (χ0n) is 16.6. The Labute approximate surface area is 184 Å². The number of hydrogen-bond acceptors (Lipinski definition) is 6. The zero-order chi connectivity index (χ0) is 20.9. The standard InChI is InChI=1S/C23H20N4OS2/c1-16-9-11-17(12-10-16)14-18(15-24)30-23-26-25-22(21-8-5-13-29-21)27(23)19-6-3-4-7-20(19)28-2/h3-13,18H,14H2,1-2H3. The topological polar surface area (TPSA) is 63.7 Å². The van der Waals surface area contributed by atoms with Crippen LogP contribution in [0.2, 0.25) is 0 Å². The lowest BCUT2D eigenvalue weighted by molar-refractivity contribution is 0.412. The lowest BCUT2D eigenvalue weighted by Crippen LogP contribution is -2.08. The number of para-hydroxylation sites is 2. The maximum atomic E-state index is 9.81. The molecule has 30 heavy (non-hydrogen) atoms. The highest BCUT2D eigenvalue weighted by atomic mass is 32.2. The van der Waals surface area contributed by atoms with Crippen LogP contribution in [0, 0.1) is 18.3 Å². The summed E-state index contributed by atoms with van der Waals surface area (Å²) in [5, 5.41) is 21.1. The summed E-state index contributed by atoms with van der Waals surface area (Å²) < 4.78 is 7.57. The molecule has 0 bridgehead atoms. The normalized spacial score (nSPS) is 11.8. The van der Waals surface area contributed by atoms with E-state index in [2.05, 4.69) is 47.5 Å². The lowest BCUT2D eigenvalue weighted by Gasteiger charge is -2.14. The van der Waals surface area contributed by atoms with Gasteiger partial charge in [-0.2, -0.15) is 5.26 Å². The van der Waals surface area contributed by atoms with Gasteiger partial charge in [0.2, 0.25) is 0 Å². The Morgan fingerprint density at radius 2 is 1.90 bits per heavy atom. The monoisotopic (exact) mass is 432 g/mol. The van der Waals surface area contributed by atoms with Crippen molar-refractivity contribution in [2.45, 2.75) is 23.8 Å². The maximum Gasteiger partial charge on any atom is 0.197 e. The molecule has 2 heterocycles. The molecule has 1 unspecified atom stereocenters. The third-order valence-electron chi connectivity index (χ3n) is 4.63. The molecule has 2 aromatic carbocycles. The van der Waals surface area contributed by atoms with Crippen LogP contribution in [-0.2, 0) is 6.42 Å². The van der Waals surface area contributed by atoms with E-state index in [-0.39, 0.29) is 5.25 Å². The number of rotatable bonds is 7. The average Bonchev–Trinajstić information content (AvgIpc) is 3.44. The van der Waals surface area contributed by atoms with Crippen molar-refractivity contribution in [1.82, 2.24) is 14.8 Å². The van der Waals surface area contributed by atoms with Crippen molar-refractivity contribution in [2.75, 3.05) is 7.11 Å². The molecular weight excluding hydrogens is 412 g/mol. The fourth-order valence-electron chi connectivity index (χ4n) is 3.12. The van der Waals surface area contributed by atoms with E-state index in [9.17, 15) is 5.26 Å². The minimum absolute atomic E-state index is 0.290. The summed E-state index contributed by atoms with van der Waals surface area (Å²) in [6.07, 6.45) is 0.633. The van der Waals surface area contributed by atoms with Crippen LogP contribution < -0.4 is 4.74 Å². The quantitative estimate of drug-likeness (QED) is 0.359. The van der Waals surface area contributed by atoms with E-state index in [1.807, 2.05) is 46.3 Å². The van der Waals surface area contributed by atoms with Gasteiger partial charge in [-0.3, -0.25) is 4.57 Å². The zero-order valence-corrected chi connectivity index (χ0v) is 18.3. The molecule has 0 aliphatic carbocycles. The van der Waals surface area contributed by atoms with E-state index < -0.39 is 0 Å². The average molecular weight is 433 g/mol. The molecule has 0 fully saturated rings. The van der Waals surface area contributed by atoms with Gasteiger partial charge in [-0.05, 0) is 42.5 Å². The molecular formula is C23H20N4OS2. The molecule has 0 spiro atoms. The number of thioether (sulfide) groups is 1. The van der Waals surface area contributed by atoms with Crippen molar-refractivity contribution in [3.05, 3.63) is 77.2 Å². The van der Waals surface area contributed by atoms with Gasteiger partial charge in [0.25, 0.3) is 0 Å². The number of benzene rings is 2. The molecule has 0 aliphatic heterocycles. The van der Waals surface area contributed by atoms with Crippen molar-refractivity contribution in [2.24, 2.45) is 0 Å². The summed E-state index contributed by atoms with van der Waals surface area (Å²) in [5.74, 6) is 1.47. The van der Waals surface area contributed by atoms with Crippen molar-refractivity contribution in [3.63, 3.8) is 0 Å². The highest BCUT2D eigenvalue weighted by Gasteiger charge is 2.22. The number of thiophene rings is 1. The summed E-state index contributed by atoms with van der Waals surface area (Å²) in [4.78, 5) is 1.01. The van der Waals surface area contributed by atoms with E-state index in [1.165, 1.54) is 17.3 Å². The van der Waals surface area contributed by atoms with Gasteiger partial charge < -0.3 is 4.74 Å². The van der Waals surface area contributed by atoms with E-state index in [1.54, 1.807) is 18.4 Å². The summed E-state index contributed by atoms with van der Waals surface area (Å²) >= 11 is 3.03. The van der Waals surface area contributed by atoms with Crippen LogP contribution in [0.3, 0.4) is 0 Å². The fraction of sp³-hybridized carbons (Fsp3) is 0.174. The van der Waals surface area contributed by atoms with Crippen LogP contribution in [0.25, 0.3) is 16.4 Å². The van der Waals surface area contributed by atoms with Gasteiger partial charge in [0.1, 0.15) is 11.0 Å². The Kier molecular flexibility index (Phi) is 6.17. The number of nitrogens with zero attached hydrogens (tertiary/aromatic N) is 4. The Hall–Kier alpha value is -3.08. The molecule has 0 aliphatic rings. The summed E-state index contributed by atoms with van der Waals surface area (Å²) in [6, 6.07) is 22.5. The molecule has 5 nitrogen and oxygen atoms in total. The number of nitriles is 1. The molecule has 0 amide bonds. The third kappa shape index (κ3) is 4.25. The molecule has 0 saturated heterocycles. The van der Waals surface area contributed by atoms with Crippen molar-refractivity contribution < 1.29 is 4.74 Å². The summed E-state index contributed by atoms with van der Waals surface area (Å²) in [7, 11) is 1.65.